The first-order valence-corrected chi connectivity index (χ1v) is 10.2. The van der Waals surface area contributed by atoms with Crippen LogP contribution in [-0.4, -0.2) is 36.7 Å². The van der Waals surface area contributed by atoms with Crippen molar-refractivity contribution in [2.24, 2.45) is 0 Å². The van der Waals surface area contributed by atoms with E-state index in [-0.39, 0.29) is 17.1 Å². The lowest BCUT2D eigenvalue weighted by Crippen LogP contribution is -2.42. The van der Waals surface area contributed by atoms with Crippen LogP contribution in [0.5, 0.6) is 0 Å². The van der Waals surface area contributed by atoms with E-state index in [4.69, 9.17) is 4.42 Å². The van der Waals surface area contributed by atoms with Crippen molar-refractivity contribution < 1.29 is 14.0 Å². The van der Waals surface area contributed by atoms with Gasteiger partial charge in [-0.3, -0.25) is 34.2 Å². The SMILES string of the molecule is CCCn1c(=O)c2ccccc2n2c(SCC(=O)NNC(=O)c3ccco3)nnc12. The molecule has 0 unspecified atom stereocenters. The number of carbonyl (C=O) groups is 2. The molecule has 4 aromatic rings. The Morgan fingerprint density at radius 2 is 1.97 bits per heavy atom. The van der Waals surface area contributed by atoms with Crippen LogP contribution < -0.4 is 16.4 Å². The van der Waals surface area contributed by atoms with Gasteiger partial charge in [-0.25, -0.2) is 0 Å². The molecule has 1 aromatic carbocycles. The predicted molar refractivity (Wildman–Crippen MR) is 110 cm³/mol. The highest BCUT2D eigenvalue weighted by atomic mass is 32.2. The molecule has 0 aliphatic carbocycles. The Kier molecular flexibility index (Phi) is 5.53. The van der Waals surface area contributed by atoms with Gasteiger partial charge in [-0.15, -0.1) is 10.2 Å². The van der Waals surface area contributed by atoms with E-state index < -0.39 is 11.8 Å². The maximum Gasteiger partial charge on any atom is 0.305 e. The van der Waals surface area contributed by atoms with E-state index >= 15 is 0 Å². The van der Waals surface area contributed by atoms with Crippen molar-refractivity contribution in [1.82, 2.24) is 30.0 Å². The third-order valence-electron chi connectivity index (χ3n) is 4.32. The molecule has 30 heavy (non-hydrogen) atoms. The third kappa shape index (κ3) is 3.66. The number of carbonyl (C=O) groups excluding carboxylic acids is 2. The van der Waals surface area contributed by atoms with Gasteiger partial charge in [-0.1, -0.05) is 30.8 Å². The second-order valence-electron chi connectivity index (χ2n) is 6.36. The molecule has 0 saturated heterocycles. The van der Waals surface area contributed by atoms with Crippen molar-refractivity contribution in [2.75, 3.05) is 5.75 Å². The maximum atomic E-state index is 12.8. The van der Waals surface area contributed by atoms with Crippen molar-refractivity contribution in [3.63, 3.8) is 0 Å². The van der Waals surface area contributed by atoms with Gasteiger partial charge in [0, 0.05) is 6.54 Å². The monoisotopic (exact) mass is 426 g/mol. The number of hydrazine groups is 1. The fourth-order valence-corrected chi connectivity index (χ4v) is 3.75. The summed E-state index contributed by atoms with van der Waals surface area (Å²) in [6, 6.07) is 10.3. The maximum absolute atomic E-state index is 12.8. The van der Waals surface area contributed by atoms with Gasteiger partial charge in [-0.2, -0.15) is 0 Å². The van der Waals surface area contributed by atoms with Gasteiger partial charge in [0.2, 0.25) is 11.7 Å². The minimum absolute atomic E-state index is 0.0134. The Morgan fingerprint density at radius 3 is 2.73 bits per heavy atom. The molecule has 2 N–H and O–H groups in total. The van der Waals surface area contributed by atoms with Gasteiger partial charge < -0.3 is 4.42 Å². The highest BCUT2D eigenvalue weighted by molar-refractivity contribution is 7.99. The standard InChI is InChI=1S/C19H18N6O4S/c1-2-9-24-17(28)12-6-3-4-7-13(12)25-18(24)22-23-19(25)30-11-15(26)20-21-16(27)14-8-5-10-29-14/h3-8,10H,2,9,11H2,1H3,(H,20,26)(H,21,27). The van der Waals surface area contributed by atoms with Gasteiger partial charge >= 0.3 is 5.91 Å². The molecule has 3 heterocycles. The van der Waals surface area contributed by atoms with Crippen LogP contribution in [0.1, 0.15) is 23.9 Å². The number of nitrogens with zero attached hydrogens (tertiary/aromatic N) is 4. The number of nitrogens with one attached hydrogen (secondary N) is 2. The van der Waals surface area contributed by atoms with Crippen LogP contribution in [0.15, 0.2) is 57.0 Å². The smallest absolute Gasteiger partial charge is 0.305 e. The lowest BCUT2D eigenvalue weighted by molar-refractivity contribution is -0.119. The van der Waals surface area contributed by atoms with Crippen molar-refractivity contribution in [2.45, 2.75) is 25.0 Å². The summed E-state index contributed by atoms with van der Waals surface area (Å²) in [4.78, 5) is 36.8. The first-order chi connectivity index (χ1) is 14.6. The fourth-order valence-electron chi connectivity index (χ4n) is 3.01. The zero-order chi connectivity index (χ0) is 21.1. The number of aryl methyl sites for hydroxylation is 1. The van der Waals surface area contributed by atoms with Crippen LogP contribution in [0.4, 0.5) is 0 Å². The first-order valence-electron chi connectivity index (χ1n) is 9.22. The number of hydrogen-bond donors (Lipinski definition) is 2. The highest BCUT2D eigenvalue weighted by Gasteiger charge is 2.17. The number of rotatable bonds is 6. The normalized spacial score (nSPS) is 11.1. The molecule has 2 amide bonds. The van der Waals surface area contributed by atoms with E-state index in [0.717, 1.165) is 18.2 Å². The van der Waals surface area contributed by atoms with E-state index in [2.05, 4.69) is 21.0 Å². The summed E-state index contributed by atoms with van der Waals surface area (Å²) in [7, 11) is 0. The van der Waals surface area contributed by atoms with Gasteiger partial charge in [0.25, 0.3) is 5.56 Å². The Labute approximate surface area is 174 Å². The number of fused-ring (bicyclic) bond motifs is 3. The average Bonchev–Trinajstić information content (AvgIpc) is 3.44. The van der Waals surface area contributed by atoms with Crippen molar-refractivity contribution in [3.8, 4) is 0 Å². The molecule has 10 nitrogen and oxygen atoms in total. The van der Waals surface area contributed by atoms with Crippen LogP contribution in [0.25, 0.3) is 16.7 Å². The molecular formula is C19H18N6O4S. The van der Waals surface area contributed by atoms with Crippen LogP contribution in [0, 0.1) is 0 Å². The molecule has 0 fully saturated rings. The molecular weight excluding hydrogens is 408 g/mol. The molecule has 154 valence electrons. The lowest BCUT2D eigenvalue weighted by atomic mass is 10.2. The molecule has 11 heteroatoms. The Morgan fingerprint density at radius 1 is 1.13 bits per heavy atom. The number of aromatic nitrogens is 4. The number of benzene rings is 1. The molecule has 0 aliphatic heterocycles. The molecule has 0 bridgehead atoms. The van der Waals surface area contributed by atoms with E-state index in [1.54, 1.807) is 27.2 Å². The highest BCUT2D eigenvalue weighted by Crippen LogP contribution is 2.21. The Hall–Kier alpha value is -3.60. The second kappa shape index (κ2) is 8.41. The minimum Gasteiger partial charge on any atom is -0.459 e. The number of hydrogen-bond acceptors (Lipinski definition) is 7. The van der Waals surface area contributed by atoms with Crippen LogP contribution >= 0.6 is 11.8 Å². The van der Waals surface area contributed by atoms with Crippen LogP contribution in [0.2, 0.25) is 0 Å². The molecule has 0 spiro atoms. The predicted octanol–water partition coefficient (Wildman–Crippen LogP) is 1.60. The van der Waals surface area contributed by atoms with Crippen molar-refractivity contribution >= 4 is 40.3 Å². The minimum atomic E-state index is -0.555. The number of thioether (sulfide) groups is 1. The van der Waals surface area contributed by atoms with Gasteiger partial charge in [-0.05, 0) is 30.7 Å². The summed E-state index contributed by atoms with van der Waals surface area (Å²) in [5.74, 6) is -0.481. The largest absolute Gasteiger partial charge is 0.459 e. The van der Waals surface area contributed by atoms with Crippen molar-refractivity contribution in [1.29, 1.82) is 0 Å². The van der Waals surface area contributed by atoms with Crippen LogP contribution in [0.3, 0.4) is 0 Å². The molecule has 0 aliphatic rings. The topological polar surface area (TPSA) is 124 Å². The van der Waals surface area contributed by atoms with E-state index in [1.165, 1.54) is 12.3 Å². The first kappa shape index (κ1) is 19.7. The zero-order valence-corrected chi connectivity index (χ0v) is 16.8. The summed E-state index contributed by atoms with van der Waals surface area (Å²) < 4.78 is 8.31. The molecule has 3 aromatic heterocycles. The molecule has 0 saturated carbocycles. The summed E-state index contributed by atoms with van der Waals surface area (Å²) in [5, 5.41) is 9.37. The average molecular weight is 426 g/mol. The summed E-state index contributed by atoms with van der Waals surface area (Å²) in [5.41, 5.74) is 5.16. The van der Waals surface area contributed by atoms with Gasteiger partial charge in [0.05, 0.1) is 22.9 Å². The van der Waals surface area contributed by atoms with Crippen molar-refractivity contribution in [3.05, 3.63) is 58.8 Å². The lowest BCUT2D eigenvalue weighted by Gasteiger charge is -2.10. The fraction of sp³-hybridized carbons (Fsp3) is 0.211. The van der Waals surface area contributed by atoms with Crippen LogP contribution in [-0.2, 0) is 11.3 Å². The number of furan rings is 1. The molecule has 0 atom stereocenters. The second-order valence-corrected chi connectivity index (χ2v) is 7.30. The summed E-state index contributed by atoms with van der Waals surface area (Å²) >= 11 is 1.15. The molecule has 4 rings (SSSR count). The number of amides is 2. The van der Waals surface area contributed by atoms with Gasteiger partial charge in [0.15, 0.2) is 10.9 Å². The Balaban J connectivity index is 1.55. The Bertz CT molecular complexity index is 1280. The van der Waals surface area contributed by atoms with E-state index in [9.17, 15) is 14.4 Å². The third-order valence-corrected chi connectivity index (χ3v) is 5.25. The molecule has 0 radical (unpaired) electrons. The quantitative estimate of drug-likeness (QED) is 0.354. The summed E-state index contributed by atoms with van der Waals surface area (Å²) in [6.07, 6.45) is 2.13. The van der Waals surface area contributed by atoms with Gasteiger partial charge in [0.1, 0.15) is 0 Å². The zero-order valence-electron chi connectivity index (χ0n) is 16.0. The van der Waals surface area contributed by atoms with E-state index in [0.29, 0.717) is 28.4 Å². The summed E-state index contributed by atoms with van der Waals surface area (Å²) in [6.45, 7) is 2.49. The number of para-hydroxylation sites is 1. The van der Waals surface area contributed by atoms with E-state index in [1.807, 2.05) is 19.1 Å².